The molecule has 4 aromatic rings. The molecule has 8 heteroatoms. The van der Waals surface area contributed by atoms with Gasteiger partial charge < -0.3 is 0 Å². The van der Waals surface area contributed by atoms with Gasteiger partial charge >= 0.3 is 5.69 Å². The molecule has 1 N–H and O–H groups in total. The third kappa shape index (κ3) is 4.59. The average molecular weight is 430 g/mol. The summed E-state index contributed by atoms with van der Waals surface area (Å²) in [6.45, 7) is 7.30. The Bertz CT molecular complexity index is 1250. The molecule has 0 unspecified atom stereocenters. The van der Waals surface area contributed by atoms with Crippen LogP contribution in [0.1, 0.15) is 38.6 Å². The van der Waals surface area contributed by atoms with Crippen molar-refractivity contribution in [3.05, 3.63) is 76.5 Å². The molecule has 2 aromatic carbocycles. The van der Waals surface area contributed by atoms with E-state index in [1.54, 1.807) is 9.25 Å². The number of tetrazole rings is 1. The van der Waals surface area contributed by atoms with Crippen LogP contribution in [0.4, 0.5) is 0 Å². The van der Waals surface area contributed by atoms with E-state index in [-0.39, 0.29) is 5.69 Å². The van der Waals surface area contributed by atoms with E-state index in [1.165, 1.54) is 0 Å². The largest absolute Gasteiger partial charge is 0.346 e. The highest BCUT2D eigenvalue weighted by atomic mass is 16.2. The predicted octanol–water partition coefficient (Wildman–Crippen LogP) is 4.02. The highest BCUT2D eigenvalue weighted by molar-refractivity contribution is 5.80. The SMILES string of the molecule is CCC=Cc1nn(CC(C)C)c(=O)n1Cc1ccc(-c2ccccc2-c2nnn[nH]2)cc1. The number of hydrogen-bond donors (Lipinski definition) is 1. The molecule has 4 rings (SSSR count). The fourth-order valence-corrected chi connectivity index (χ4v) is 3.60. The van der Waals surface area contributed by atoms with E-state index in [2.05, 4.69) is 58.6 Å². The van der Waals surface area contributed by atoms with Crippen molar-refractivity contribution in [1.82, 2.24) is 35.0 Å². The summed E-state index contributed by atoms with van der Waals surface area (Å²) in [5, 5.41) is 18.8. The minimum atomic E-state index is -0.0818. The Kier molecular flexibility index (Phi) is 6.39. The van der Waals surface area contributed by atoms with E-state index in [0.29, 0.717) is 30.7 Å². The summed E-state index contributed by atoms with van der Waals surface area (Å²) in [5.74, 6) is 1.66. The van der Waals surface area contributed by atoms with Crippen molar-refractivity contribution in [3.63, 3.8) is 0 Å². The smallest absolute Gasteiger partial charge is 0.271 e. The Labute approximate surface area is 186 Å². The maximum Gasteiger partial charge on any atom is 0.346 e. The Morgan fingerprint density at radius 1 is 1.06 bits per heavy atom. The molecule has 0 bridgehead atoms. The van der Waals surface area contributed by atoms with Crippen molar-refractivity contribution in [3.8, 4) is 22.5 Å². The second kappa shape index (κ2) is 9.55. The van der Waals surface area contributed by atoms with E-state index in [4.69, 9.17) is 0 Å². The van der Waals surface area contributed by atoms with Crippen LogP contribution in [0.15, 0.2) is 59.4 Å². The Hall–Kier alpha value is -3.81. The fraction of sp³-hybridized carbons (Fsp3) is 0.292. The number of aromatic amines is 1. The summed E-state index contributed by atoms with van der Waals surface area (Å²) in [4.78, 5) is 13.0. The van der Waals surface area contributed by atoms with Crippen LogP contribution in [0, 0.1) is 5.92 Å². The third-order valence-corrected chi connectivity index (χ3v) is 5.13. The van der Waals surface area contributed by atoms with Crippen molar-refractivity contribution in [2.24, 2.45) is 5.92 Å². The zero-order valence-corrected chi connectivity index (χ0v) is 18.6. The summed E-state index contributed by atoms with van der Waals surface area (Å²) >= 11 is 0. The molecule has 32 heavy (non-hydrogen) atoms. The lowest BCUT2D eigenvalue weighted by molar-refractivity contribution is 0.466. The monoisotopic (exact) mass is 429 g/mol. The Morgan fingerprint density at radius 3 is 2.47 bits per heavy atom. The van der Waals surface area contributed by atoms with Crippen LogP contribution in [0.5, 0.6) is 0 Å². The van der Waals surface area contributed by atoms with Gasteiger partial charge in [0.1, 0.15) is 0 Å². The van der Waals surface area contributed by atoms with Gasteiger partial charge in [-0.05, 0) is 45.5 Å². The van der Waals surface area contributed by atoms with Gasteiger partial charge in [0.2, 0.25) is 0 Å². The molecule has 164 valence electrons. The third-order valence-electron chi connectivity index (χ3n) is 5.13. The molecule has 0 saturated carbocycles. The molecule has 0 saturated heterocycles. The molecule has 0 amide bonds. The summed E-state index contributed by atoms with van der Waals surface area (Å²) in [6.07, 6.45) is 4.84. The van der Waals surface area contributed by atoms with Crippen LogP contribution in [0.25, 0.3) is 28.6 Å². The molecule has 0 aliphatic carbocycles. The predicted molar refractivity (Wildman–Crippen MR) is 125 cm³/mol. The molecule has 0 aliphatic heterocycles. The maximum atomic E-state index is 13.0. The first-order chi connectivity index (χ1) is 15.6. The van der Waals surface area contributed by atoms with Crippen LogP contribution < -0.4 is 5.69 Å². The van der Waals surface area contributed by atoms with Gasteiger partial charge in [0.05, 0.1) is 6.54 Å². The van der Waals surface area contributed by atoms with Crippen LogP contribution in [-0.2, 0) is 13.1 Å². The van der Waals surface area contributed by atoms with E-state index in [0.717, 1.165) is 28.7 Å². The quantitative estimate of drug-likeness (QED) is 0.456. The zero-order valence-electron chi connectivity index (χ0n) is 18.6. The van der Waals surface area contributed by atoms with Crippen molar-refractivity contribution in [2.45, 2.75) is 40.3 Å². The van der Waals surface area contributed by atoms with Crippen molar-refractivity contribution in [1.29, 1.82) is 0 Å². The van der Waals surface area contributed by atoms with Crippen LogP contribution in [0.3, 0.4) is 0 Å². The second-order valence-electron chi connectivity index (χ2n) is 8.11. The molecule has 0 atom stereocenters. The summed E-state index contributed by atoms with van der Waals surface area (Å²) in [5.41, 5.74) is 3.97. The number of nitrogens with zero attached hydrogens (tertiary/aromatic N) is 6. The van der Waals surface area contributed by atoms with Gasteiger partial charge in [-0.3, -0.25) is 4.57 Å². The minimum Gasteiger partial charge on any atom is -0.271 e. The van der Waals surface area contributed by atoms with E-state index in [1.807, 2.05) is 48.6 Å². The highest BCUT2D eigenvalue weighted by Gasteiger charge is 2.14. The lowest BCUT2D eigenvalue weighted by atomic mass is 9.98. The topological polar surface area (TPSA) is 94.3 Å². The van der Waals surface area contributed by atoms with Gasteiger partial charge in [0.15, 0.2) is 11.6 Å². The Balaban J connectivity index is 1.64. The zero-order chi connectivity index (χ0) is 22.5. The van der Waals surface area contributed by atoms with Gasteiger partial charge in [-0.1, -0.05) is 75.4 Å². The number of rotatable bonds is 8. The first-order valence-corrected chi connectivity index (χ1v) is 10.8. The number of aromatic nitrogens is 7. The van der Waals surface area contributed by atoms with E-state index >= 15 is 0 Å². The van der Waals surface area contributed by atoms with Crippen molar-refractivity contribution in [2.75, 3.05) is 0 Å². The lowest BCUT2D eigenvalue weighted by Gasteiger charge is -2.09. The van der Waals surface area contributed by atoms with Crippen molar-refractivity contribution < 1.29 is 0 Å². The molecule has 2 heterocycles. The highest BCUT2D eigenvalue weighted by Crippen LogP contribution is 2.29. The van der Waals surface area contributed by atoms with Gasteiger partial charge in [-0.2, -0.15) is 5.10 Å². The number of allylic oxidation sites excluding steroid dienone is 1. The molecule has 0 spiro atoms. The number of hydrogen-bond acceptors (Lipinski definition) is 5. The minimum absolute atomic E-state index is 0.0818. The molecule has 0 aliphatic rings. The van der Waals surface area contributed by atoms with Crippen LogP contribution in [-0.4, -0.2) is 35.0 Å². The van der Waals surface area contributed by atoms with Crippen molar-refractivity contribution >= 4 is 6.08 Å². The molecule has 0 fully saturated rings. The number of H-pyrrole nitrogens is 1. The Morgan fingerprint density at radius 2 is 1.81 bits per heavy atom. The normalized spacial score (nSPS) is 11.6. The first-order valence-electron chi connectivity index (χ1n) is 10.8. The number of nitrogens with one attached hydrogen (secondary N) is 1. The van der Waals surface area contributed by atoms with Gasteiger partial charge in [-0.15, -0.1) is 5.10 Å². The van der Waals surface area contributed by atoms with Crippen LogP contribution >= 0.6 is 0 Å². The summed E-state index contributed by atoms with van der Waals surface area (Å²) < 4.78 is 3.30. The first kappa shape index (κ1) is 21.4. The van der Waals surface area contributed by atoms with E-state index < -0.39 is 0 Å². The standard InChI is InChI=1S/C24H27N7O/c1-4-5-10-22-27-31(15-17(2)3)24(32)30(22)16-18-11-13-19(14-12-18)20-8-6-7-9-21(20)23-25-28-29-26-23/h5-14,17H,4,15-16H2,1-3H3,(H,25,26,28,29). The van der Waals surface area contributed by atoms with Crippen LogP contribution in [0.2, 0.25) is 0 Å². The molecular formula is C24H27N7O. The summed E-state index contributed by atoms with van der Waals surface area (Å²) in [6, 6.07) is 16.2. The van der Waals surface area contributed by atoms with Gasteiger partial charge in [0.25, 0.3) is 0 Å². The molecule has 8 nitrogen and oxygen atoms in total. The van der Waals surface area contributed by atoms with Gasteiger partial charge in [-0.25, -0.2) is 14.6 Å². The van der Waals surface area contributed by atoms with E-state index in [9.17, 15) is 4.79 Å². The molecule has 0 radical (unpaired) electrons. The molecular weight excluding hydrogens is 402 g/mol. The fourth-order valence-electron chi connectivity index (χ4n) is 3.60. The molecule has 2 aromatic heterocycles. The maximum absolute atomic E-state index is 13.0. The second-order valence-corrected chi connectivity index (χ2v) is 8.11. The summed E-state index contributed by atoms with van der Waals surface area (Å²) in [7, 11) is 0. The van der Waals surface area contributed by atoms with Gasteiger partial charge in [0, 0.05) is 12.1 Å². The number of benzene rings is 2. The lowest BCUT2D eigenvalue weighted by Crippen LogP contribution is -2.27. The average Bonchev–Trinajstić information content (AvgIpc) is 3.43.